The highest BCUT2D eigenvalue weighted by atomic mass is 15.2. The van der Waals surface area contributed by atoms with Crippen LogP contribution < -0.4 is 10.2 Å². The van der Waals surface area contributed by atoms with Gasteiger partial charge in [0.15, 0.2) is 0 Å². The minimum Gasteiger partial charge on any atom is -0.355 e. The summed E-state index contributed by atoms with van der Waals surface area (Å²) in [5.74, 6) is 1.87. The SMILES string of the molecule is CCCNCc1cncc(N2CCC(CC)C2)n1. The van der Waals surface area contributed by atoms with Crippen LogP contribution in [-0.4, -0.2) is 29.6 Å². The molecule has 2 heterocycles. The zero-order chi connectivity index (χ0) is 12.8. The van der Waals surface area contributed by atoms with Gasteiger partial charge in [0, 0.05) is 25.8 Å². The Labute approximate surface area is 110 Å². The quantitative estimate of drug-likeness (QED) is 0.784. The molecule has 4 heteroatoms. The molecule has 1 saturated heterocycles. The monoisotopic (exact) mass is 248 g/mol. The number of nitrogens with zero attached hydrogens (tertiary/aromatic N) is 3. The lowest BCUT2D eigenvalue weighted by Crippen LogP contribution is -2.22. The Morgan fingerprint density at radius 1 is 1.39 bits per heavy atom. The van der Waals surface area contributed by atoms with Gasteiger partial charge in [0.05, 0.1) is 11.9 Å². The number of hydrogen-bond donors (Lipinski definition) is 1. The molecular formula is C14H24N4. The van der Waals surface area contributed by atoms with Crippen molar-refractivity contribution in [3.8, 4) is 0 Å². The van der Waals surface area contributed by atoms with Gasteiger partial charge in [-0.3, -0.25) is 4.98 Å². The van der Waals surface area contributed by atoms with Crippen LogP contribution in [0.1, 0.15) is 38.8 Å². The lowest BCUT2D eigenvalue weighted by atomic mass is 10.1. The van der Waals surface area contributed by atoms with Crippen molar-refractivity contribution in [3.63, 3.8) is 0 Å². The highest BCUT2D eigenvalue weighted by molar-refractivity contribution is 5.37. The molecule has 1 unspecified atom stereocenters. The summed E-state index contributed by atoms with van der Waals surface area (Å²) < 4.78 is 0. The van der Waals surface area contributed by atoms with Gasteiger partial charge >= 0.3 is 0 Å². The number of aromatic nitrogens is 2. The van der Waals surface area contributed by atoms with E-state index >= 15 is 0 Å². The van der Waals surface area contributed by atoms with E-state index in [4.69, 9.17) is 4.98 Å². The van der Waals surface area contributed by atoms with Gasteiger partial charge in [-0.15, -0.1) is 0 Å². The molecule has 0 bridgehead atoms. The van der Waals surface area contributed by atoms with E-state index in [-0.39, 0.29) is 0 Å². The van der Waals surface area contributed by atoms with Crippen molar-refractivity contribution < 1.29 is 0 Å². The number of hydrogen-bond acceptors (Lipinski definition) is 4. The van der Waals surface area contributed by atoms with Crippen LogP contribution >= 0.6 is 0 Å². The summed E-state index contributed by atoms with van der Waals surface area (Å²) in [6, 6.07) is 0. The predicted molar refractivity (Wildman–Crippen MR) is 74.6 cm³/mol. The molecule has 2 rings (SSSR count). The normalized spacial score (nSPS) is 19.4. The average Bonchev–Trinajstić information content (AvgIpc) is 2.88. The molecule has 1 N–H and O–H groups in total. The van der Waals surface area contributed by atoms with Gasteiger partial charge in [-0.2, -0.15) is 0 Å². The van der Waals surface area contributed by atoms with E-state index in [1.807, 2.05) is 12.4 Å². The van der Waals surface area contributed by atoms with Crippen molar-refractivity contribution in [3.05, 3.63) is 18.1 Å². The van der Waals surface area contributed by atoms with E-state index in [1.54, 1.807) is 0 Å². The van der Waals surface area contributed by atoms with E-state index in [0.717, 1.165) is 50.0 Å². The molecule has 1 aliphatic heterocycles. The molecule has 1 aromatic heterocycles. The molecule has 0 aromatic carbocycles. The van der Waals surface area contributed by atoms with Crippen LogP contribution in [0.3, 0.4) is 0 Å². The van der Waals surface area contributed by atoms with Crippen LogP contribution in [0.4, 0.5) is 5.82 Å². The predicted octanol–water partition coefficient (Wildman–Crippen LogP) is 2.21. The van der Waals surface area contributed by atoms with Crippen LogP contribution in [0.25, 0.3) is 0 Å². The van der Waals surface area contributed by atoms with Gasteiger partial charge in [-0.25, -0.2) is 4.98 Å². The zero-order valence-corrected chi connectivity index (χ0v) is 11.5. The lowest BCUT2D eigenvalue weighted by molar-refractivity contribution is 0.568. The fourth-order valence-corrected chi connectivity index (χ4v) is 2.40. The number of anilines is 1. The molecule has 0 spiro atoms. The largest absolute Gasteiger partial charge is 0.355 e. The molecule has 0 aliphatic carbocycles. The molecule has 1 atom stereocenters. The smallest absolute Gasteiger partial charge is 0.147 e. The molecule has 0 amide bonds. The molecule has 0 saturated carbocycles. The maximum absolute atomic E-state index is 4.70. The van der Waals surface area contributed by atoms with E-state index in [9.17, 15) is 0 Å². The van der Waals surface area contributed by atoms with Crippen LogP contribution in [0, 0.1) is 5.92 Å². The van der Waals surface area contributed by atoms with E-state index < -0.39 is 0 Å². The molecule has 1 aromatic rings. The fourth-order valence-electron chi connectivity index (χ4n) is 2.40. The Balaban J connectivity index is 1.94. The summed E-state index contributed by atoms with van der Waals surface area (Å²) in [5, 5.41) is 3.37. The van der Waals surface area contributed by atoms with Crippen LogP contribution in [0.2, 0.25) is 0 Å². The summed E-state index contributed by atoms with van der Waals surface area (Å²) in [7, 11) is 0. The fraction of sp³-hybridized carbons (Fsp3) is 0.714. The molecule has 1 fully saturated rings. The first kappa shape index (κ1) is 13.3. The van der Waals surface area contributed by atoms with Gasteiger partial charge in [0.1, 0.15) is 5.82 Å². The Morgan fingerprint density at radius 3 is 3.00 bits per heavy atom. The van der Waals surface area contributed by atoms with E-state index in [2.05, 4.69) is 29.0 Å². The molecule has 4 nitrogen and oxygen atoms in total. The minimum absolute atomic E-state index is 0.819. The van der Waals surface area contributed by atoms with Crippen molar-refractivity contribution in [1.82, 2.24) is 15.3 Å². The second-order valence-corrected chi connectivity index (χ2v) is 5.05. The maximum Gasteiger partial charge on any atom is 0.147 e. The van der Waals surface area contributed by atoms with Crippen LogP contribution in [-0.2, 0) is 6.54 Å². The summed E-state index contributed by atoms with van der Waals surface area (Å²) in [6.07, 6.45) is 7.45. The molecule has 18 heavy (non-hydrogen) atoms. The van der Waals surface area contributed by atoms with Crippen molar-refractivity contribution in [1.29, 1.82) is 0 Å². The third kappa shape index (κ3) is 3.42. The highest BCUT2D eigenvalue weighted by Crippen LogP contribution is 2.23. The van der Waals surface area contributed by atoms with Gasteiger partial charge < -0.3 is 10.2 Å². The van der Waals surface area contributed by atoms with Gasteiger partial charge in [0.2, 0.25) is 0 Å². The standard InChI is InChI=1S/C14H24N4/c1-3-6-15-8-13-9-16-10-14(17-13)18-7-5-12(4-2)11-18/h9-10,12,15H,3-8,11H2,1-2H3. The topological polar surface area (TPSA) is 41.1 Å². The molecule has 1 aliphatic rings. The van der Waals surface area contributed by atoms with Crippen molar-refractivity contribution in [2.45, 2.75) is 39.7 Å². The first-order valence-electron chi connectivity index (χ1n) is 7.10. The summed E-state index contributed by atoms with van der Waals surface area (Å²) in [6.45, 7) is 8.55. The van der Waals surface area contributed by atoms with E-state index in [0.29, 0.717) is 0 Å². The van der Waals surface area contributed by atoms with Crippen molar-refractivity contribution in [2.75, 3.05) is 24.5 Å². The Morgan fingerprint density at radius 2 is 2.28 bits per heavy atom. The second kappa shape index (κ2) is 6.69. The Hall–Kier alpha value is -1.16. The minimum atomic E-state index is 0.819. The number of nitrogens with one attached hydrogen (secondary N) is 1. The molecule has 0 radical (unpaired) electrons. The molecule has 100 valence electrons. The summed E-state index contributed by atoms with van der Waals surface area (Å²) >= 11 is 0. The van der Waals surface area contributed by atoms with Crippen LogP contribution in [0.15, 0.2) is 12.4 Å². The maximum atomic E-state index is 4.70. The van der Waals surface area contributed by atoms with Crippen molar-refractivity contribution >= 4 is 5.82 Å². The van der Waals surface area contributed by atoms with Crippen LogP contribution in [0.5, 0.6) is 0 Å². The zero-order valence-electron chi connectivity index (χ0n) is 11.5. The first-order valence-corrected chi connectivity index (χ1v) is 7.10. The second-order valence-electron chi connectivity index (χ2n) is 5.05. The lowest BCUT2D eigenvalue weighted by Gasteiger charge is -2.17. The Kier molecular flexibility index (Phi) is 4.93. The van der Waals surface area contributed by atoms with Gasteiger partial charge in [-0.1, -0.05) is 20.3 Å². The average molecular weight is 248 g/mol. The first-order chi connectivity index (χ1) is 8.83. The van der Waals surface area contributed by atoms with E-state index in [1.165, 1.54) is 12.8 Å². The third-order valence-electron chi connectivity index (χ3n) is 3.59. The van der Waals surface area contributed by atoms with Gasteiger partial charge in [-0.05, 0) is 25.3 Å². The van der Waals surface area contributed by atoms with Crippen molar-refractivity contribution in [2.24, 2.45) is 5.92 Å². The number of rotatable bonds is 6. The third-order valence-corrected chi connectivity index (χ3v) is 3.59. The summed E-state index contributed by atoms with van der Waals surface area (Å²) in [4.78, 5) is 11.4. The Bertz CT molecular complexity index is 367. The van der Waals surface area contributed by atoms with Gasteiger partial charge in [0.25, 0.3) is 0 Å². The highest BCUT2D eigenvalue weighted by Gasteiger charge is 2.22. The summed E-state index contributed by atoms with van der Waals surface area (Å²) in [5.41, 5.74) is 1.04. The molecular weight excluding hydrogens is 224 g/mol.